The zero-order chi connectivity index (χ0) is 13.3. The van der Waals surface area contributed by atoms with Crippen LogP contribution in [0.2, 0.25) is 0 Å². The van der Waals surface area contributed by atoms with Crippen molar-refractivity contribution in [2.24, 2.45) is 5.16 Å². The fraction of sp³-hybridized carbons (Fsp3) is 0.833. The van der Waals surface area contributed by atoms with Crippen molar-refractivity contribution in [2.45, 2.75) is 51.3 Å². The van der Waals surface area contributed by atoms with E-state index in [1.54, 1.807) is 4.90 Å². The third kappa shape index (κ3) is 2.75. The van der Waals surface area contributed by atoms with Gasteiger partial charge in [0, 0.05) is 12.8 Å². The van der Waals surface area contributed by atoms with Crippen molar-refractivity contribution in [3.05, 3.63) is 0 Å². The standard InChI is InChI=1S/C12H20N2O4/c1-12(2,3)18-11(15)14-9-4-8(13-16)5-10(14)7-17-6-9/h9-10,16H,4-7H2,1-3H3. The van der Waals surface area contributed by atoms with Crippen molar-refractivity contribution in [1.82, 2.24) is 4.90 Å². The highest BCUT2D eigenvalue weighted by Gasteiger charge is 2.42. The maximum absolute atomic E-state index is 12.2. The van der Waals surface area contributed by atoms with Crippen LogP contribution in [-0.2, 0) is 9.47 Å². The van der Waals surface area contributed by atoms with Crippen LogP contribution in [0.1, 0.15) is 33.6 Å². The van der Waals surface area contributed by atoms with E-state index in [0.29, 0.717) is 26.1 Å². The highest BCUT2D eigenvalue weighted by molar-refractivity contribution is 5.87. The summed E-state index contributed by atoms with van der Waals surface area (Å²) in [6.45, 7) is 6.48. The molecule has 18 heavy (non-hydrogen) atoms. The van der Waals surface area contributed by atoms with Gasteiger partial charge in [0.1, 0.15) is 5.60 Å². The minimum Gasteiger partial charge on any atom is -0.444 e. The van der Waals surface area contributed by atoms with Crippen LogP contribution in [0.4, 0.5) is 4.79 Å². The number of rotatable bonds is 0. The Labute approximate surface area is 107 Å². The fourth-order valence-electron chi connectivity index (χ4n) is 2.44. The summed E-state index contributed by atoms with van der Waals surface area (Å²) < 4.78 is 10.9. The molecular formula is C12H20N2O4. The Morgan fingerprint density at radius 1 is 1.39 bits per heavy atom. The molecule has 0 aromatic carbocycles. The molecule has 0 radical (unpaired) electrons. The summed E-state index contributed by atoms with van der Waals surface area (Å²) in [5.41, 5.74) is 0.227. The van der Waals surface area contributed by atoms with Crippen LogP contribution in [0, 0.1) is 0 Å². The first kappa shape index (κ1) is 13.1. The summed E-state index contributed by atoms with van der Waals surface area (Å²) in [4.78, 5) is 13.9. The second-order valence-electron chi connectivity index (χ2n) is 5.81. The molecule has 2 atom stereocenters. The van der Waals surface area contributed by atoms with E-state index in [4.69, 9.17) is 14.7 Å². The monoisotopic (exact) mass is 256 g/mol. The number of ether oxygens (including phenoxy) is 2. The SMILES string of the molecule is CC(C)(C)OC(=O)N1C2COCC1CC(=NO)C2. The van der Waals surface area contributed by atoms with Gasteiger partial charge in [0.25, 0.3) is 0 Å². The Morgan fingerprint density at radius 3 is 2.39 bits per heavy atom. The summed E-state index contributed by atoms with van der Waals surface area (Å²) in [6.07, 6.45) is 0.788. The highest BCUT2D eigenvalue weighted by Crippen LogP contribution is 2.27. The lowest BCUT2D eigenvalue weighted by atomic mass is 9.93. The molecule has 102 valence electrons. The number of hydrogen-bond donors (Lipinski definition) is 1. The molecule has 2 aliphatic heterocycles. The number of amides is 1. The van der Waals surface area contributed by atoms with Gasteiger partial charge in [-0.1, -0.05) is 5.16 Å². The van der Waals surface area contributed by atoms with Crippen molar-refractivity contribution >= 4 is 11.8 Å². The number of hydrogen-bond acceptors (Lipinski definition) is 5. The van der Waals surface area contributed by atoms with Crippen LogP contribution >= 0.6 is 0 Å². The van der Waals surface area contributed by atoms with Crippen LogP contribution in [-0.4, -0.2) is 52.8 Å². The quantitative estimate of drug-likeness (QED) is 0.528. The summed E-state index contributed by atoms with van der Waals surface area (Å²) in [5.74, 6) is 0. The molecule has 2 aliphatic rings. The molecule has 2 fully saturated rings. The lowest BCUT2D eigenvalue weighted by Crippen LogP contribution is -2.60. The van der Waals surface area contributed by atoms with Crippen molar-refractivity contribution in [3.63, 3.8) is 0 Å². The summed E-state index contributed by atoms with van der Waals surface area (Å²) >= 11 is 0. The molecule has 1 amide bonds. The summed E-state index contributed by atoms with van der Waals surface area (Å²) in [6, 6.07) is -0.170. The van der Waals surface area contributed by atoms with E-state index in [1.165, 1.54) is 0 Å². The topological polar surface area (TPSA) is 71.4 Å². The zero-order valence-electron chi connectivity index (χ0n) is 11.0. The van der Waals surface area contributed by atoms with Gasteiger partial charge >= 0.3 is 6.09 Å². The Bertz CT molecular complexity index is 346. The van der Waals surface area contributed by atoms with Crippen LogP contribution in [0.25, 0.3) is 0 Å². The van der Waals surface area contributed by atoms with Crippen molar-refractivity contribution in [1.29, 1.82) is 0 Å². The van der Waals surface area contributed by atoms with E-state index in [2.05, 4.69) is 5.16 Å². The van der Waals surface area contributed by atoms with E-state index < -0.39 is 5.60 Å². The van der Waals surface area contributed by atoms with Gasteiger partial charge in [-0.05, 0) is 20.8 Å². The number of morpholine rings is 1. The van der Waals surface area contributed by atoms with Gasteiger partial charge in [0.05, 0.1) is 31.0 Å². The Morgan fingerprint density at radius 2 is 1.94 bits per heavy atom. The van der Waals surface area contributed by atoms with Gasteiger partial charge in [-0.25, -0.2) is 4.79 Å². The van der Waals surface area contributed by atoms with Crippen molar-refractivity contribution in [3.8, 4) is 0 Å². The maximum atomic E-state index is 12.2. The molecule has 2 saturated heterocycles. The number of carbonyl (C=O) groups is 1. The van der Waals surface area contributed by atoms with Gasteiger partial charge in [-0.15, -0.1) is 0 Å². The average molecular weight is 256 g/mol. The molecule has 2 rings (SSSR count). The van der Waals surface area contributed by atoms with E-state index in [0.717, 1.165) is 5.71 Å². The van der Waals surface area contributed by atoms with Gasteiger partial charge in [0.15, 0.2) is 0 Å². The number of piperidine rings is 1. The van der Waals surface area contributed by atoms with E-state index >= 15 is 0 Å². The first-order valence-corrected chi connectivity index (χ1v) is 6.19. The van der Waals surface area contributed by atoms with Crippen LogP contribution in [0.3, 0.4) is 0 Å². The smallest absolute Gasteiger partial charge is 0.410 e. The van der Waals surface area contributed by atoms with Crippen LogP contribution in [0.5, 0.6) is 0 Å². The molecule has 0 spiro atoms. The van der Waals surface area contributed by atoms with Gasteiger partial charge in [-0.2, -0.15) is 0 Å². The predicted molar refractivity (Wildman–Crippen MR) is 64.9 cm³/mol. The molecule has 0 saturated carbocycles. The minimum absolute atomic E-state index is 0.0850. The zero-order valence-corrected chi connectivity index (χ0v) is 11.0. The number of carbonyl (C=O) groups excluding carboxylic acids is 1. The lowest BCUT2D eigenvalue weighted by Gasteiger charge is -2.45. The fourth-order valence-corrected chi connectivity index (χ4v) is 2.44. The second kappa shape index (κ2) is 4.76. The summed E-state index contributed by atoms with van der Waals surface area (Å²) in [5, 5.41) is 12.2. The lowest BCUT2D eigenvalue weighted by molar-refractivity contribution is -0.0632. The molecule has 0 aromatic rings. The molecule has 1 N–H and O–H groups in total. The van der Waals surface area contributed by atoms with Crippen molar-refractivity contribution in [2.75, 3.05) is 13.2 Å². The molecule has 0 aliphatic carbocycles. The Kier molecular flexibility index (Phi) is 3.47. The predicted octanol–water partition coefficient (Wildman–Crippen LogP) is 1.61. The van der Waals surface area contributed by atoms with E-state index in [-0.39, 0.29) is 18.2 Å². The second-order valence-corrected chi connectivity index (χ2v) is 5.81. The number of nitrogens with zero attached hydrogens (tertiary/aromatic N) is 2. The molecule has 2 bridgehead atoms. The van der Waals surface area contributed by atoms with Gasteiger partial charge < -0.3 is 14.7 Å². The first-order valence-electron chi connectivity index (χ1n) is 6.19. The largest absolute Gasteiger partial charge is 0.444 e. The minimum atomic E-state index is -0.502. The van der Waals surface area contributed by atoms with Gasteiger partial charge in [-0.3, -0.25) is 4.90 Å². The van der Waals surface area contributed by atoms with Crippen LogP contribution in [0.15, 0.2) is 5.16 Å². The molecule has 2 heterocycles. The Hall–Kier alpha value is -1.30. The first-order chi connectivity index (χ1) is 8.40. The van der Waals surface area contributed by atoms with Crippen LogP contribution < -0.4 is 0 Å². The van der Waals surface area contributed by atoms with E-state index in [1.807, 2.05) is 20.8 Å². The molecule has 6 heteroatoms. The maximum Gasteiger partial charge on any atom is 0.410 e. The molecular weight excluding hydrogens is 236 g/mol. The summed E-state index contributed by atoms with van der Waals surface area (Å²) in [7, 11) is 0. The number of fused-ring (bicyclic) bond motifs is 2. The Balaban J connectivity index is 2.11. The molecule has 2 unspecified atom stereocenters. The molecule has 0 aromatic heterocycles. The normalized spacial score (nSPS) is 27.9. The molecule has 6 nitrogen and oxygen atoms in total. The van der Waals surface area contributed by atoms with Gasteiger partial charge in [0.2, 0.25) is 0 Å². The van der Waals surface area contributed by atoms with Crippen molar-refractivity contribution < 1.29 is 19.5 Å². The van der Waals surface area contributed by atoms with E-state index in [9.17, 15) is 4.79 Å². The third-order valence-electron chi connectivity index (χ3n) is 3.10. The highest BCUT2D eigenvalue weighted by atomic mass is 16.6. The average Bonchev–Trinajstić information content (AvgIpc) is 2.24. The number of oxime groups is 1. The third-order valence-corrected chi connectivity index (χ3v) is 3.10.